The monoisotopic (exact) mass is 529 g/mol. The minimum Gasteiger partial charge on any atom is -0.348 e. The Balaban J connectivity index is 1.07. The maximum absolute atomic E-state index is 13.1. The van der Waals surface area contributed by atoms with Gasteiger partial charge in [-0.25, -0.2) is 4.39 Å². The molecular formula is C31H36FN5O2. The van der Waals surface area contributed by atoms with Gasteiger partial charge in [0.25, 0.3) is 11.8 Å². The third-order valence-electron chi connectivity index (χ3n) is 7.92. The number of nitrogens with one attached hydrogen (secondary N) is 1. The first-order valence-electron chi connectivity index (χ1n) is 13.8. The Bertz CT molecular complexity index is 1240. The number of carbonyl (C=O) groups is 2. The lowest BCUT2D eigenvalue weighted by Gasteiger charge is -2.36. The van der Waals surface area contributed by atoms with Crippen molar-refractivity contribution in [2.45, 2.75) is 38.4 Å². The van der Waals surface area contributed by atoms with Crippen molar-refractivity contribution in [2.75, 3.05) is 39.3 Å². The number of hydrogen-bond acceptors (Lipinski definition) is 5. The van der Waals surface area contributed by atoms with Crippen LogP contribution >= 0.6 is 0 Å². The van der Waals surface area contributed by atoms with Crippen LogP contribution < -0.4 is 5.32 Å². The molecule has 2 aliphatic heterocycles. The van der Waals surface area contributed by atoms with Gasteiger partial charge >= 0.3 is 0 Å². The number of hydrogen-bond donors (Lipinski definition) is 1. The number of piperidine rings is 1. The molecule has 1 aromatic heterocycles. The number of halogens is 1. The number of amides is 2. The zero-order valence-corrected chi connectivity index (χ0v) is 22.4. The molecule has 0 bridgehead atoms. The molecule has 3 aromatic rings. The molecule has 2 saturated heterocycles. The third kappa shape index (κ3) is 6.88. The minimum absolute atomic E-state index is 0.0733. The van der Waals surface area contributed by atoms with Gasteiger partial charge in [-0.3, -0.25) is 24.4 Å². The van der Waals surface area contributed by atoms with E-state index in [4.69, 9.17) is 0 Å². The van der Waals surface area contributed by atoms with Crippen LogP contribution in [0, 0.1) is 5.82 Å². The molecule has 39 heavy (non-hydrogen) atoms. The molecule has 0 spiro atoms. The highest BCUT2D eigenvalue weighted by Gasteiger charge is 2.26. The van der Waals surface area contributed by atoms with E-state index in [1.807, 2.05) is 11.0 Å². The average molecular weight is 530 g/mol. The number of rotatable bonds is 7. The smallest absolute Gasteiger partial charge is 0.270 e. The quantitative estimate of drug-likeness (QED) is 0.499. The first-order valence-corrected chi connectivity index (χ1v) is 13.8. The predicted octanol–water partition coefficient (Wildman–Crippen LogP) is 4.13. The molecule has 2 aromatic carbocycles. The van der Waals surface area contributed by atoms with Crippen LogP contribution in [0.25, 0.3) is 0 Å². The van der Waals surface area contributed by atoms with Crippen molar-refractivity contribution in [3.8, 4) is 0 Å². The fourth-order valence-corrected chi connectivity index (χ4v) is 5.43. The van der Waals surface area contributed by atoms with Gasteiger partial charge in [-0.15, -0.1) is 0 Å². The largest absolute Gasteiger partial charge is 0.348 e. The van der Waals surface area contributed by atoms with Crippen LogP contribution in [-0.4, -0.2) is 76.8 Å². The zero-order valence-electron chi connectivity index (χ0n) is 22.4. The summed E-state index contributed by atoms with van der Waals surface area (Å²) < 4.78 is 13.1. The lowest BCUT2D eigenvalue weighted by Crippen LogP contribution is -2.48. The Labute approximate surface area is 229 Å². The Morgan fingerprint density at radius 2 is 1.62 bits per heavy atom. The van der Waals surface area contributed by atoms with Crippen LogP contribution in [0.3, 0.4) is 0 Å². The fourth-order valence-electron chi connectivity index (χ4n) is 5.43. The van der Waals surface area contributed by atoms with Gasteiger partial charge in [-0.05, 0) is 55.2 Å². The van der Waals surface area contributed by atoms with Crippen molar-refractivity contribution in [3.63, 3.8) is 0 Å². The van der Waals surface area contributed by atoms with Crippen LogP contribution in [0.1, 0.15) is 57.8 Å². The standard InChI is InChI=1S/C31H36FN5O2/c1-23(25-5-3-2-4-6-25)36-15-13-28(14-16-36)34-30(38)29-12-9-26(21-33-29)31(39)37-19-17-35(18-20-37)22-24-7-10-27(32)11-8-24/h2-12,21,23,28H,13-20,22H2,1H3,(H,34,38). The number of likely N-dealkylation sites (tertiary alicyclic amines) is 1. The van der Waals surface area contributed by atoms with E-state index in [-0.39, 0.29) is 23.7 Å². The van der Waals surface area contributed by atoms with E-state index >= 15 is 0 Å². The summed E-state index contributed by atoms with van der Waals surface area (Å²) in [7, 11) is 0. The van der Waals surface area contributed by atoms with E-state index in [1.165, 1.54) is 23.9 Å². The lowest BCUT2D eigenvalue weighted by molar-refractivity contribution is 0.0627. The first kappa shape index (κ1) is 27.0. The molecule has 2 amide bonds. The predicted molar refractivity (Wildman–Crippen MR) is 149 cm³/mol. The summed E-state index contributed by atoms with van der Waals surface area (Å²) in [6, 6.07) is 20.8. The van der Waals surface area contributed by atoms with Crippen LogP contribution in [0.4, 0.5) is 4.39 Å². The van der Waals surface area contributed by atoms with Crippen molar-refractivity contribution >= 4 is 11.8 Å². The Kier molecular flexibility index (Phi) is 8.64. The summed E-state index contributed by atoms with van der Waals surface area (Å²) in [4.78, 5) is 36.7. The van der Waals surface area contributed by atoms with Gasteiger partial charge in [0.1, 0.15) is 11.5 Å². The lowest BCUT2D eigenvalue weighted by atomic mass is 10.00. The van der Waals surface area contributed by atoms with Gasteiger partial charge in [0.15, 0.2) is 0 Å². The van der Waals surface area contributed by atoms with Crippen LogP contribution in [0.15, 0.2) is 72.9 Å². The Morgan fingerprint density at radius 1 is 0.923 bits per heavy atom. The molecule has 0 radical (unpaired) electrons. The number of piperazine rings is 1. The molecule has 0 saturated carbocycles. The van der Waals surface area contributed by atoms with Gasteiger partial charge < -0.3 is 10.2 Å². The van der Waals surface area contributed by atoms with Crippen molar-refractivity contribution in [2.24, 2.45) is 0 Å². The van der Waals surface area contributed by atoms with Gasteiger partial charge in [0.05, 0.1) is 5.56 Å². The summed E-state index contributed by atoms with van der Waals surface area (Å²) in [5.41, 5.74) is 3.18. The second-order valence-corrected chi connectivity index (χ2v) is 10.5. The van der Waals surface area contributed by atoms with Gasteiger partial charge in [-0.2, -0.15) is 0 Å². The normalized spacial score (nSPS) is 18.1. The van der Waals surface area contributed by atoms with Crippen molar-refractivity contribution < 1.29 is 14.0 Å². The van der Waals surface area contributed by atoms with E-state index in [0.717, 1.165) is 51.1 Å². The average Bonchev–Trinajstić information content (AvgIpc) is 2.99. The second-order valence-electron chi connectivity index (χ2n) is 10.5. The number of benzene rings is 2. The molecule has 1 N–H and O–H groups in total. The maximum Gasteiger partial charge on any atom is 0.270 e. The Morgan fingerprint density at radius 3 is 2.26 bits per heavy atom. The van der Waals surface area contributed by atoms with E-state index in [2.05, 4.69) is 51.3 Å². The highest BCUT2D eigenvalue weighted by atomic mass is 19.1. The van der Waals surface area contributed by atoms with Crippen LogP contribution in [0.2, 0.25) is 0 Å². The molecule has 2 aliphatic rings. The molecule has 5 rings (SSSR count). The molecule has 1 unspecified atom stereocenters. The summed E-state index contributed by atoms with van der Waals surface area (Å²) in [5.74, 6) is -0.505. The maximum atomic E-state index is 13.1. The molecule has 204 valence electrons. The SMILES string of the molecule is CC(c1ccccc1)N1CCC(NC(=O)c2ccc(C(=O)N3CCN(Cc4ccc(F)cc4)CC3)cn2)CC1. The number of nitrogens with zero attached hydrogens (tertiary/aromatic N) is 4. The number of pyridine rings is 1. The molecule has 1 atom stereocenters. The first-order chi connectivity index (χ1) is 19.0. The summed E-state index contributed by atoms with van der Waals surface area (Å²) in [5, 5.41) is 3.12. The molecule has 2 fully saturated rings. The minimum atomic E-state index is -0.235. The van der Waals surface area contributed by atoms with E-state index in [1.54, 1.807) is 24.3 Å². The zero-order chi connectivity index (χ0) is 27.2. The molecule has 7 nitrogen and oxygen atoms in total. The Hall–Kier alpha value is -3.62. The molecule has 0 aliphatic carbocycles. The van der Waals surface area contributed by atoms with Crippen molar-refractivity contribution in [3.05, 3.63) is 101 Å². The number of aromatic nitrogens is 1. The molecular weight excluding hydrogens is 493 g/mol. The topological polar surface area (TPSA) is 68.8 Å². The third-order valence-corrected chi connectivity index (χ3v) is 7.92. The summed E-state index contributed by atoms with van der Waals surface area (Å²) >= 11 is 0. The number of carbonyl (C=O) groups excluding carboxylic acids is 2. The van der Waals surface area contributed by atoms with Gasteiger partial charge in [-0.1, -0.05) is 42.5 Å². The highest BCUT2D eigenvalue weighted by Crippen LogP contribution is 2.24. The van der Waals surface area contributed by atoms with Gasteiger partial charge in [0, 0.05) is 64.1 Å². The van der Waals surface area contributed by atoms with Crippen molar-refractivity contribution in [1.82, 2.24) is 25.0 Å². The highest BCUT2D eigenvalue weighted by molar-refractivity contribution is 5.96. The van der Waals surface area contributed by atoms with Crippen LogP contribution in [0.5, 0.6) is 0 Å². The second kappa shape index (κ2) is 12.5. The van der Waals surface area contributed by atoms with Gasteiger partial charge in [0.2, 0.25) is 0 Å². The van der Waals surface area contributed by atoms with E-state index < -0.39 is 0 Å². The van der Waals surface area contributed by atoms with E-state index in [9.17, 15) is 14.0 Å². The molecule has 8 heteroatoms. The van der Waals surface area contributed by atoms with E-state index in [0.29, 0.717) is 30.4 Å². The molecule has 3 heterocycles. The van der Waals surface area contributed by atoms with Crippen LogP contribution in [-0.2, 0) is 6.54 Å². The van der Waals surface area contributed by atoms with Crippen molar-refractivity contribution in [1.29, 1.82) is 0 Å². The summed E-state index contributed by atoms with van der Waals surface area (Å²) in [6.45, 7) is 7.55. The fraction of sp³-hybridized carbons (Fsp3) is 0.387. The summed E-state index contributed by atoms with van der Waals surface area (Å²) in [6.07, 6.45) is 3.30.